The van der Waals surface area contributed by atoms with Crippen LogP contribution in [0.2, 0.25) is 0 Å². The standard InChI is InChI=1S/C11H20N2O2S/c14-10(9-6-16-8-13-9)12-7-11(15)4-2-1-3-5-11/h9,13,15H,1-8H2,(H,12,14). The van der Waals surface area contributed by atoms with Gasteiger partial charge in [-0.25, -0.2) is 0 Å². The number of hydrogen-bond donors (Lipinski definition) is 3. The van der Waals surface area contributed by atoms with Crippen LogP contribution in [0, 0.1) is 0 Å². The van der Waals surface area contributed by atoms with Gasteiger partial charge in [-0.1, -0.05) is 19.3 Å². The first-order chi connectivity index (χ1) is 7.70. The zero-order valence-corrected chi connectivity index (χ0v) is 10.3. The fourth-order valence-corrected chi connectivity index (χ4v) is 3.27. The van der Waals surface area contributed by atoms with Crippen molar-refractivity contribution in [1.82, 2.24) is 10.6 Å². The highest BCUT2D eigenvalue weighted by atomic mass is 32.2. The number of thioether (sulfide) groups is 1. The molecule has 3 N–H and O–H groups in total. The number of carbonyl (C=O) groups excluding carboxylic acids is 1. The molecule has 2 aliphatic rings. The van der Waals surface area contributed by atoms with Crippen molar-refractivity contribution in [2.75, 3.05) is 18.2 Å². The maximum Gasteiger partial charge on any atom is 0.238 e. The van der Waals surface area contributed by atoms with Crippen LogP contribution in [0.1, 0.15) is 32.1 Å². The van der Waals surface area contributed by atoms with Gasteiger partial charge in [0.2, 0.25) is 5.91 Å². The third kappa shape index (κ3) is 3.12. The lowest BCUT2D eigenvalue weighted by molar-refractivity contribution is -0.124. The highest BCUT2D eigenvalue weighted by Crippen LogP contribution is 2.27. The van der Waals surface area contributed by atoms with E-state index in [0.29, 0.717) is 6.54 Å². The van der Waals surface area contributed by atoms with Gasteiger partial charge in [0.25, 0.3) is 0 Å². The molecule has 4 nitrogen and oxygen atoms in total. The molecule has 2 rings (SSSR count). The third-order valence-corrected chi connectivity index (χ3v) is 4.35. The number of hydrogen-bond acceptors (Lipinski definition) is 4. The van der Waals surface area contributed by atoms with Crippen molar-refractivity contribution in [2.45, 2.75) is 43.7 Å². The molecule has 0 aromatic carbocycles. The first-order valence-electron chi connectivity index (χ1n) is 6.01. The van der Waals surface area contributed by atoms with E-state index in [2.05, 4.69) is 10.6 Å². The van der Waals surface area contributed by atoms with Crippen LogP contribution in [0.15, 0.2) is 0 Å². The Bertz CT molecular complexity index is 248. The summed E-state index contributed by atoms with van der Waals surface area (Å²) in [4.78, 5) is 11.7. The Morgan fingerprint density at radius 3 is 2.81 bits per heavy atom. The largest absolute Gasteiger partial charge is 0.388 e. The third-order valence-electron chi connectivity index (χ3n) is 3.41. The van der Waals surface area contributed by atoms with E-state index < -0.39 is 5.60 Å². The average molecular weight is 244 g/mol. The molecule has 0 radical (unpaired) electrons. The summed E-state index contributed by atoms with van der Waals surface area (Å²) in [6.45, 7) is 0.411. The fourth-order valence-electron chi connectivity index (χ4n) is 2.33. The van der Waals surface area contributed by atoms with Crippen molar-refractivity contribution in [3.05, 3.63) is 0 Å². The smallest absolute Gasteiger partial charge is 0.238 e. The lowest BCUT2D eigenvalue weighted by Gasteiger charge is -2.32. The molecular formula is C11H20N2O2S. The minimum atomic E-state index is -0.653. The molecule has 1 saturated heterocycles. The molecule has 0 bridgehead atoms. The molecule has 16 heavy (non-hydrogen) atoms. The minimum Gasteiger partial charge on any atom is -0.388 e. The molecular weight excluding hydrogens is 224 g/mol. The Balaban J connectivity index is 1.75. The molecule has 92 valence electrons. The van der Waals surface area contributed by atoms with Crippen LogP contribution in [0.25, 0.3) is 0 Å². The van der Waals surface area contributed by atoms with Crippen molar-refractivity contribution >= 4 is 17.7 Å². The van der Waals surface area contributed by atoms with Crippen LogP contribution in [0.3, 0.4) is 0 Å². The molecule has 1 atom stereocenters. The van der Waals surface area contributed by atoms with Gasteiger partial charge < -0.3 is 10.4 Å². The van der Waals surface area contributed by atoms with Crippen LogP contribution < -0.4 is 10.6 Å². The van der Waals surface area contributed by atoms with E-state index in [0.717, 1.165) is 37.3 Å². The van der Waals surface area contributed by atoms with E-state index >= 15 is 0 Å². The van der Waals surface area contributed by atoms with Gasteiger partial charge in [0.05, 0.1) is 11.6 Å². The Labute approximate surface area is 101 Å². The van der Waals surface area contributed by atoms with Crippen LogP contribution in [0.4, 0.5) is 0 Å². The lowest BCUT2D eigenvalue weighted by atomic mass is 9.85. The van der Waals surface area contributed by atoms with Crippen LogP contribution in [-0.2, 0) is 4.79 Å². The summed E-state index contributed by atoms with van der Waals surface area (Å²) >= 11 is 1.74. The summed E-state index contributed by atoms with van der Waals surface area (Å²) in [6.07, 6.45) is 4.99. The van der Waals surface area contributed by atoms with Gasteiger partial charge >= 0.3 is 0 Å². The normalized spacial score (nSPS) is 28.9. The van der Waals surface area contributed by atoms with Gasteiger partial charge in [-0.3, -0.25) is 10.1 Å². The first kappa shape index (κ1) is 12.2. The van der Waals surface area contributed by atoms with Gasteiger partial charge in [-0.2, -0.15) is 0 Å². The van der Waals surface area contributed by atoms with Gasteiger partial charge in [-0.15, -0.1) is 11.8 Å². The van der Waals surface area contributed by atoms with Gasteiger partial charge in [-0.05, 0) is 12.8 Å². The maximum atomic E-state index is 11.7. The Morgan fingerprint density at radius 1 is 1.44 bits per heavy atom. The molecule has 1 unspecified atom stereocenters. The number of amides is 1. The average Bonchev–Trinajstić information content (AvgIpc) is 2.80. The molecule has 2 fully saturated rings. The highest BCUT2D eigenvalue weighted by Gasteiger charge is 2.31. The zero-order valence-electron chi connectivity index (χ0n) is 9.50. The van der Waals surface area contributed by atoms with Crippen molar-refractivity contribution in [3.63, 3.8) is 0 Å². The molecule has 5 heteroatoms. The summed E-state index contributed by atoms with van der Waals surface area (Å²) in [5.41, 5.74) is -0.653. The Kier molecular flexibility index (Phi) is 4.10. The molecule has 0 aromatic rings. The lowest BCUT2D eigenvalue weighted by Crippen LogP contribution is -2.49. The minimum absolute atomic E-state index is 0.0315. The van der Waals surface area contributed by atoms with Crippen molar-refractivity contribution in [1.29, 1.82) is 0 Å². The summed E-state index contributed by atoms with van der Waals surface area (Å²) in [5.74, 6) is 1.72. The van der Waals surface area contributed by atoms with E-state index in [1.807, 2.05) is 0 Å². The Morgan fingerprint density at radius 2 is 2.19 bits per heavy atom. The monoisotopic (exact) mass is 244 g/mol. The van der Waals surface area contributed by atoms with Gasteiger partial charge in [0.15, 0.2) is 0 Å². The van der Waals surface area contributed by atoms with Gasteiger partial charge in [0, 0.05) is 18.2 Å². The quantitative estimate of drug-likeness (QED) is 0.675. The highest BCUT2D eigenvalue weighted by molar-refractivity contribution is 7.99. The number of nitrogens with one attached hydrogen (secondary N) is 2. The fraction of sp³-hybridized carbons (Fsp3) is 0.909. The second kappa shape index (κ2) is 5.38. The summed E-state index contributed by atoms with van der Waals surface area (Å²) < 4.78 is 0. The second-order valence-electron chi connectivity index (χ2n) is 4.77. The van der Waals surface area contributed by atoms with Crippen molar-refractivity contribution < 1.29 is 9.90 Å². The molecule has 1 aliphatic carbocycles. The second-order valence-corrected chi connectivity index (χ2v) is 5.80. The molecule has 1 aliphatic heterocycles. The molecule has 0 aromatic heterocycles. The van der Waals surface area contributed by atoms with Crippen molar-refractivity contribution in [2.24, 2.45) is 0 Å². The first-order valence-corrected chi connectivity index (χ1v) is 7.16. The van der Waals surface area contributed by atoms with E-state index in [1.165, 1.54) is 6.42 Å². The van der Waals surface area contributed by atoms with E-state index in [-0.39, 0.29) is 11.9 Å². The number of carbonyl (C=O) groups is 1. The van der Waals surface area contributed by atoms with Crippen LogP contribution in [0.5, 0.6) is 0 Å². The van der Waals surface area contributed by atoms with E-state index in [1.54, 1.807) is 11.8 Å². The zero-order chi connectivity index (χ0) is 11.4. The predicted octanol–water partition coefficient (Wildman–Crippen LogP) is 0.460. The van der Waals surface area contributed by atoms with E-state index in [9.17, 15) is 9.90 Å². The van der Waals surface area contributed by atoms with E-state index in [4.69, 9.17) is 0 Å². The van der Waals surface area contributed by atoms with Crippen LogP contribution >= 0.6 is 11.8 Å². The summed E-state index contributed by atoms with van der Waals surface area (Å²) in [7, 11) is 0. The predicted molar refractivity (Wildman–Crippen MR) is 65.3 cm³/mol. The summed E-state index contributed by atoms with van der Waals surface area (Å²) in [6, 6.07) is -0.0720. The summed E-state index contributed by atoms with van der Waals surface area (Å²) in [5, 5.41) is 16.2. The van der Waals surface area contributed by atoms with Gasteiger partial charge in [0.1, 0.15) is 0 Å². The number of rotatable bonds is 3. The number of aliphatic hydroxyl groups is 1. The van der Waals surface area contributed by atoms with Crippen molar-refractivity contribution in [3.8, 4) is 0 Å². The molecule has 0 spiro atoms. The topological polar surface area (TPSA) is 61.4 Å². The van der Waals surface area contributed by atoms with Crippen LogP contribution in [-0.4, -0.2) is 40.8 Å². The molecule has 1 amide bonds. The maximum absolute atomic E-state index is 11.7. The SMILES string of the molecule is O=C(NCC1(O)CCCCC1)C1CSCN1. The molecule has 1 saturated carbocycles. The molecule has 1 heterocycles. The Hall–Kier alpha value is -0.260.